The zero-order valence-electron chi connectivity index (χ0n) is 19.5. The van der Waals surface area contributed by atoms with Gasteiger partial charge in [0.15, 0.2) is 0 Å². The summed E-state index contributed by atoms with van der Waals surface area (Å²) in [4.78, 5) is 30.8. The van der Waals surface area contributed by atoms with E-state index in [0.717, 1.165) is 12.0 Å². The minimum Gasteiger partial charge on any atom is -0.872 e. The molecule has 0 saturated carbocycles. The van der Waals surface area contributed by atoms with Gasteiger partial charge in [0.2, 0.25) is 12.1 Å². The lowest BCUT2D eigenvalue weighted by atomic mass is 9.95. The Hall–Kier alpha value is -3.87. The maximum Gasteiger partial charge on any atom is 0.295 e. The van der Waals surface area contributed by atoms with Crippen molar-refractivity contribution in [1.82, 2.24) is 9.88 Å². The van der Waals surface area contributed by atoms with E-state index in [1.165, 1.54) is 4.90 Å². The number of aromatic nitrogens is 2. The van der Waals surface area contributed by atoms with Crippen LogP contribution in [0.1, 0.15) is 42.5 Å². The normalized spacial score (nSPS) is 17.4. The highest BCUT2D eigenvalue weighted by molar-refractivity contribution is 6.46. The monoisotopic (exact) mass is 459 g/mol. The van der Waals surface area contributed by atoms with Gasteiger partial charge in [-0.25, -0.2) is 4.57 Å². The van der Waals surface area contributed by atoms with Crippen LogP contribution in [-0.2, 0) is 16.1 Å². The number of aryl methyl sites for hydroxylation is 2. The first-order valence-corrected chi connectivity index (χ1v) is 11.6. The third kappa shape index (κ3) is 4.88. The largest absolute Gasteiger partial charge is 0.872 e. The lowest BCUT2D eigenvalue weighted by Crippen LogP contribution is -2.36. The van der Waals surface area contributed by atoms with Crippen molar-refractivity contribution in [3.8, 4) is 5.75 Å². The Bertz CT molecular complexity index is 1180. The number of nitrogens with one attached hydrogen (secondary N) is 1. The number of aromatic amines is 1. The number of hydrogen-bond donors (Lipinski definition) is 1. The van der Waals surface area contributed by atoms with Crippen LogP contribution in [-0.4, -0.2) is 34.7 Å². The Morgan fingerprint density at radius 1 is 1.18 bits per heavy atom. The van der Waals surface area contributed by atoms with E-state index in [-0.39, 0.29) is 5.57 Å². The number of ether oxygens (including phenoxy) is 1. The number of nitrogens with zero attached hydrogens (tertiary/aromatic N) is 2. The summed E-state index contributed by atoms with van der Waals surface area (Å²) in [6, 6.07) is 13.6. The van der Waals surface area contributed by atoms with Crippen LogP contribution < -0.4 is 14.4 Å². The number of carbonyl (C=O) groups is 2. The zero-order chi connectivity index (χ0) is 24.1. The van der Waals surface area contributed by atoms with Gasteiger partial charge in [0, 0.05) is 18.5 Å². The van der Waals surface area contributed by atoms with Gasteiger partial charge in [0.25, 0.3) is 5.91 Å². The van der Waals surface area contributed by atoms with Gasteiger partial charge in [-0.2, -0.15) is 0 Å². The van der Waals surface area contributed by atoms with Crippen LogP contribution in [0, 0.1) is 6.92 Å². The maximum atomic E-state index is 13.5. The van der Waals surface area contributed by atoms with Crippen molar-refractivity contribution < 1.29 is 24.0 Å². The van der Waals surface area contributed by atoms with E-state index in [9.17, 15) is 14.7 Å². The van der Waals surface area contributed by atoms with E-state index in [1.54, 1.807) is 12.1 Å². The van der Waals surface area contributed by atoms with Gasteiger partial charge in [-0.1, -0.05) is 54.6 Å². The second-order valence-corrected chi connectivity index (χ2v) is 8.46. The van der Waals surface area contributed by atoms with Gasteiger partial charge in [0.1, 0.15) is 18.1 Å². The van der Waals surface area contributed by atoms with Crippen LogP contribution in [0.15, 0.2) is 72.8 Å². The molecule has 3 aromatic rings. The number of Topliss-reactive ketones (excluding diaryl/α,β-unsaturated/α-hetero) is 1. The molecule has 2 heterocycles. The molecule has 7 nitrogen and oxygen atoms in total. The molecule has 1 aromatic heterocycles. The van der Waals surface area contributed by atoms with E-state index < -0.39 is 23.5 Å². The van der Waals surface area contributed by atoms with Crippen molar-refractivity contribution in [2.45, 2.75) is 39.3 Å². The molecule has 0 radical (unpaired) electrons. The van der Waals surface area contributed by atoms with Gasteiger partial charge in [0.05, 0.1) is 19.2 Å². The molecule has 0 aliphatic carbocycles. The molecular formula is C27H29N3O4. The number of hydrogen-bond acceptors (Lipinski definition) is 4. The molecule has 0 bridgehead atoms. The van der Waals surface area contributed by atoms with Crippen LogP contribution in [0.5, 0.6) is 5.75 Å². The molecule has 1 atom stereocenters. The molecule has 1 amide bonds. The molecule has 1 saturated heterocycles. The Balaban J connectivity index is 1.73. The quantitative estimate of drug-likeness (QED) is 0.231. The minimum absolute atomic E-state index is 0.00390. The Labute approximate surface area is 199 Å². The first kappa shape index (κ1) is 23.3. The van der Waals surface area contributed by atoms with Crippen molar-refractivity contribution in [2.75, 3.05) is 13.2 Å². The lowest BCUT2D eigenvalue weighted by Gasteiger charge is -2.27. The highest BCUT2D eigenvalue weighted by Gasteiger charge is 2.44. The molecular weight excluding hydrogens is 430 g/mol. The van der Waals surface area contributed by atoms with Crippen molar-refractivity contribution in [3.63, 3.8) is 0 Å². The molecule has 4 rings (SSSR count). The summed E-state index contributed by atoms with van der Waals surface area (Å²) in [5.41, 5.74) is 2.10. The number of imidazole rings is 1. The average Bonchev–Trinajstić information content (AvgIpc) is 3.45. The highest BCUT2D eigenvalue weighted by Crippen LogP contribution is 2.39. The first-order chi connectivity index (χ1) is 16.5. The number of H-pyrrole nitrogens is 1. The molecule has 0 spiro atoms. The van der Waals surface area contributed by atoms with Gasteiger partial charge < -0.3 is 14.7 Å². The molecule has 1 aliphatic heterocycles. The number of benzene rings is 2. The van der Waals surface area contributed by atoms with Crippen molar-refractivity contribution in [3.05, 3.63) is 89.5 Å². The van der Waals surface area contributed by atoms with Crippen LogP contribution in [0.2, 0.25) is 0 Å². The summed E-state index contributed by atoms with van der Waals surface area (Å²) in [6.45, 7) is 5.53. The molecule has 1 unspecified atom stereocenters. The summed E-state index contributed by atoms with van der Waals surface area (Å²) in [5.74, 6) is -1.13. The number of carbonyl (C=O) groups excluding carboxylic acids is 2. The smallest absolute Gasteiger partial charge is 0.295 e. The second kappa shape index (κ2) is 10.4. The standard InChI is InChI=1S/C27H29N3O4/c1-3-16-34-22-7-4-6-21(17-22)24-23(25(31)20-10-8-19(2)9-11-20)26(32)27(33)30(24)14-5-13-29-15-12-28-18-29/h4,6-12,15,17-18,24H,3,5,13-14,16H2,1-2H3,(H,31,32). The SMILES string of the molecule is CCCOc1cccc(C2/C(=C(\[O-])c3ccc(C)cc3)C(=O)C(=O)N2CCC[n+]2cc[nH]c2)c1. The summed E-state index contributed by atoms with van der Waals surface area (Å²) in [6.07, 6.45) is 7.05. The third-order valence-corrected chi connectivity index (χ3v) is 5.91. The second-order valence-electron chi connectivity index (χ2n) is 8.46. The van der Waals surface area contributed by atoms with Gasteiger partial charge in [-0.15, -0.1) is 0 Å². The number of ketones is 1. The van der Waals surface area contributed by atoms with Crippen LogP contribution in [0.3, 0.4) is 0 Å². The minimum atomic E-state index is -0.754. The topological polar surface area (TPSA) is 89.3 Å². The van der Waals surface area contributed by atoms with Crippen LogP contribution >= 0.6 is 0 Å². The molecule has 34 heavy (non-hydrogen) atoms. The summed E-state index contributed by atoms with van der Waals surface area (Å²) in [5, 5.41) is 13.5. The average molecular weight is 460 g/mol. The summed E-state index contributed by atoms with van der Waals surface area (Å²) >= 11 is 0. The number of likely N-dealkylation sites (tertiary alicyclic amines) is 1. The van der Waals surface area contributed by atoms with Crippen molar-refractivity contribution in [2.24, 2.45) is 0 Å². The highest BCUT2D eigenvalue weighted by atomic mass is 16.5. The predicted octanol–water partition coefficient (Wildman–Crippen LogP) is 2.71. The van der Waals surface area contributed by atoms with Crippen LogP contribution in [0.4, 0.5) is 0 Å². The number of rotatable bonds is 9. The molecule has 7 heteroatoms. The first-order valence-electron chi connectivity index (χ1n) is 11.6. The van der Waals surface area contributed by atoms with Gasteiger partial charge in [-0.3, -0.25) is 14.6 Å². The molecule has 2 aromatic carbocycles. The maximum absolute atomic E-state index is 13.5. The Morgan fingerprint density at radius 3 is 2.68 bits per heavy atom. The van der Waals surface area contributed by atoms with Crippen molar-refractivity contribution >= 4 is 17.4 Å². The summed E-state index contributed by atoms with van der Waals surface area (Å²) in [7, 11) is 0. The Morgan fingerprint density at radius 2 is 1.97 bits per heavy atom. The van der Waals surface area contributed by atoms with E-state index in [2.05, 4.69) is 4.98 Å². The van der Waals surface area contributed by atoms with E-state index in [4.69, 9.17) is 4.74 Å². The summed E-state index contributed by atoms with van der Waals surface area (Å²) < 4.78 is 7.75. The molecule has 1 fully saturated rings. The lowest BCUT2D eigenvalue weighted by molar-refractivity contribution is -0.695. The van der Waals surface area contributed by atoms with E-state index in [1.807, 2.05) is 73.5 Å². The van der Waals surface area contributed by atoms with Gasteiger partial charge in [-0.05, 0) is 36.6 Å². The zero-order valence-corrected chi connectivity index (χ0v) is 19.5. The molecule has 1 aliphatic rings. The van der Waals surface area contributed by atoms with E-state index in [0.29, 0.717) is 43.0 Å². The van der Waals surface area contributed by atoms with Crippen molar-refractivity contribution in [1.29, 1.82) is 0 Å². The third-order valence-electron chi connectivity index (χ3n) is 5.91. The number of amides is 1. The molecule has 1 N–H and O–H groups in total. The Kier molecular flexibility index (Phi) is 7.11. The fourth-order valence-corrected chi connectivity index (χ4v) is 4.19. The predicted molar refractivity (Wildman–Crippen MR) is 125 cm³/mol. The van der Waals surface area contributed by atoms with E-state index >= 15 is 0 Å². The fourth-order valence-electron chi connectivity index (χ4n) is 4.19. The fraction of sp³-hybridized carbons (Fsp3) is 0.296. The van der Waals surface area contributed by atoms with Crippen LogP contribution in [0.25, 0.3) is 5.76 Å². The molecule has 176 valence electrons. The van der Waals surface area contributed by atoms with Gasteiger partial charge >= 0.3 is 0 Å².